The normalized spacial score (nSPS) is 29.6. The molecule has 0 heterocycles. The van der Waals surface area contributed by atoms with E-state index in [1.165, 1.54) is 0 Å². The molecule has 1 aliphatic carbocycles. The molecule has 0 amide bonds. The zero-order chi connectivity index (χ0) is 10.8. The number of hydrogen-bond donors (Lipinski definition) is 2. The van der Waals surface area contributed by atoms with Crippen LogP contribution in [0.15, 0.2) is 0 Å². The molecular weight excluding hydrogens is 182 g/mol. The van der Waals surface area contributed by atoms with Gasteiger partial charge in [0, 0.05) is 18.1 Å². The Balaban J connectivity index is 2.34. The van der Waals surface area contributed by atoms with Gasteiger partial charge in [0.15, 0.2) is 0 Å². The molecule has 0 aromatic carbocycles. The smallest absolute Gasteiger partial charge is 0.317 e. The summed E-state index contributed by atoms with van der Waals surface area (Å²) >= 11 is 0. The standard InChI is InChI=1S/C10H19NO3/c1-4-14-8-5-7(10(8,2)3)11-6-9(12)13/h7-8,11H,4-6H2,1-3H3,(H,12,13). The summed E-state index contributed by atoms with van der Waals surface area (Å²) in [5.41, 5.74) is 0.0471. The molecule has 0 aromatic rings. The maximum Gasteiger partial charge on any atom is 0.317 e. The van der Waals surface area contributed by atoms with Crippen LogP contribution in [0.2, 0.25) is 0 Å². The van der Waals surface area contributed by atoms with Crippen LogP contribution in [0.4, 0.5) is 0 Å². The van der Waals surface area contributed by atoms with E-state index in [0.29, 0.717) is 0 Å². The maximum atomic E-state index is 10.4. The van der Waals surface area contributed by atoms with E-state index in [-0.39, 0.29) is 24.1 Å². The fraction of sp³-hybridized carbons (Fsp3) is 0.900. The second-order valence-corrected chi connectivity index (χ2v) is 4.33. The molecule has 2 unspecified atom stereocenters. The van der Waals surface area contributed by atoms with Crippen LogP contribution in [-0.4, -0.2) is 36.4 Å². The molecule has 1 saturated carbocycles. The number of carbonyl (C=O) groups is 1. The Kier molecular flexibility index (Phi) is 3.50. The number of ether oxygens (including phenoxy) is 1. The van der Waals surface area contributed by atoms with Crippen molar-refractivity contribution in [1.82, 2.24) is 5.32 Å². The van der Waals surface area contributed by atoms with E-state index in [1.807, 2.05) is 6.92 Å². The second kappa shape index (κ2) is 4.28. The topological polar surface area (TPSA) is 58.6 Å². The van der Waals surface area contributed by atoms with Gasteiger partial charge in [-0.3, -0.25) is 4.79 Å². The fourth-order valence-electron chi connectivity index (χ4n) is 1.93. The molecule has 0 saturated heterocycles. The molecule has 0 spiro atoms. The second-order valence-electron chi connectivity index (χ2n) is 4.33. The van der Waals surface area contributed by atoms with Gasteiger partial charge >= 0.3 is 5.97 Å². The van der Waals surface area contributed by atoms with Gasteiger partial charge in [-0.25, -0.2) is 0 Å². The van der Waals surface area contributed by atoms with Crippen LogP contribution in [0, 0.1) is 5.41 Å². The van der Waals surface area contributed by atoms with Crippen LogP contribution in [0.1, 0.15) is 27.2 Å². The molecule has 2 N–H and O–H groups in total. The van der Waals surface area contributed by atoms with Gasteiger partial charge in [0.2, 0.25) is 0 Å². The molecule has 1 rings (SSSR count). The van der Waals surface area contributed by atoms with Gasteiger partial charge in [-0.15, -0.1) is 0 Å². The maximum absolute atomic E-state index is 10.4. The molecule has 82 valence electrons. The first-order valence-electron chi connectivity index (χ1n) is 5.05. The third-order valence-corrected chi connectivity index (χ3v) is 3.05. The summed E-state index contributed by atoms with van der Waals surface area (Å²) in [4.78, 5) is 10.4. The van der Waals surface area contributed by atoms with Crippen molar-refractivity contribution in [2.45, 2.75) is 39.3 Å². The van der Waals surface area contributed by atoms with Gasteiger partial charge in [-0.05, 0) is 13.3 Å². The van der Waals surface area contributed by atoms with Crippen molar-refractivity contribution in [3.8, 4) is 0 Å². The molecule has 14 heavy (non-hydrogen) atoms. The van der Waals surface area contributed by atoms with E-state index in [2.05, 4.69) is 19.2 Å². The Morgan fingerprint density at radius 1 is 1.64 bits per heavy atom. The molecular formula is C10H19NO3. The van der Waals surface area contributed by atoms with E-state index < -0.39 is 5.97 Å². The van der Waals surface area contributed by atoms with Gasteiger partial charge in [-0.1, -0.05) is 13.8 Å². The average Bonchev–Trinajstić information content (AvgIpc) is 2.09. The van der Waals surface area contributed by atoms with E-state index in [0.717, 1.165) is 13.0 Å². The van der Waals surface area contributed by atoms with Gasteiger partial charge in [0.1, 0.15) is 0 Å². The largest absolute Gasteiger partial charge is 0.480 e. The van der Waals surface area contributed by atoms with Crippen molar-refractivity contribution in [2.24, 2.45) is 5.41 Å². The highest BCUT2D eigenvalue weighted by Gasteiger charge is 2.48. The first-order chi connectivity index (χ1) is 6.48. The van der Waals surface area contributed by atoms with E-state index in [4.69, 9.17) is 9.84 Å². The minimum Gasteiger partial charge on any atom is -0.480 e. The molecule has 0 aromatic heterocycles. The van der Waals surface area contributed by atoms with Crippen LogP contribution in [0.3, 0.4) is 0 Å². The summed E-state index contributed by atoms with van der Waals surface area (Å²) in [5, 5.41) is 11.5. The lowest BCUT2D eigenvalue weighted by molar-refractivity contribution is -0.139. The molecule has 0 aliphatic heterocycles. The number of nitrogens with one attached hydrogen (secondary N) is 1. The Bertz CT molecular complexity index is 215. The molecule has 0 bridgehead atoms. The van der Waals surface area contributed by atoms with E-state index in [1.54, 1.807) is 0 Å². The summed E-state index contributed by atoms with van der Waals surface area (Å²) < 4.78 is 5.54. The van der Waals surface area contributed by atoms with Crippen LogP contribution < -0.4 is 5.32 Å². The highest BCUT2D eigenvalue weighted by atomic mass is 16.5. The number of hydrogen-bond acceptors (Lipinski definition) is 3. The number of rotatable bonds is 5. The van der Waals surface area contributed by atoms with Crippen LogP contribution >= 0.6 is 0 Å². The van der Waals surface area contributed by atoms with Crippen molar-refractivity contribution in [1.29, 1.82) is 0 Å². The number of aliphatic carboxylic acids is 1. The van der Waals surface area contributed by atoms with Crippen LogP contribution in [0.5, 0.6) is 0 Å². The molecule has 1 aliphatic rings. The predicted molar refractivity (Wildman–Crippen MR) is 53.2 cm³/mol. The van der Waals surface area contributed by atoms with Crippen molar-refractivity contribution in [3.05, 3.63) is 0 Å². The lowest BCUT2D eigenvalue weighted by Gasteiger charge is -2.51. The zero-order valence-corrected chi connectivity index (χ0v) is 9.04. The third-order valence-electron chi connectivity index (χ3n) is 3.05. The lowest BCUT2D eigenvalue weighted by Crippen LogP contribution is -2.61. The molecule has 4 nitrogen and oxygen atoms in total. The van der Waals surface area contributed by atoms with Gasteiger partial charge in [0.05, 0.1) is 12.6 Å². The Labute approximate surface area is 84.6 Å². The first-order valence-corrected chi connectivity index (χ1v) is 5.05. The third kappa shape index (κ3) is 2.25. The Morgan fingerprint density at radius 2 is 2.29 bits per heavy atom. The highest BCUT2D eigenvalue weighted by molar-refractivity contribution is 5.69. The van der Waals surface area contributed by atoms with E-state index >= 15 is 0 Å². The van der Waals surface area contributed by atoms with Gasteiger partial charge in [0.25, 0.3) is 0 Å². The minimum absolute atomic E-state index is 0.0347. The van der Waals surface area contributed by atoms with Crippen molar-refractivity contribution < 1.29 is 14.6 Å². The van der Waals surface area contributed by atoms with Crippen molar-refractivity contribution >= 4 is 5.97 Å². The predicted octanol–water partition coefficient (Wildman–Crippen LogP) is 0.864. The summed E-state index contributed by atoms with van der Waals surface area (Å²) in [5.74, 6) is -0.805. The average molecular weight is 201 g/mol. The molecule has 2 atom stereocenters. The summed E-state index contributed by atoms with van der Waals surface area (Å²) in [7, 11) is 0. The highest BCUT2D eigenvalue weighted by Crippen LogP contribution is 2.42. The summed E-state index contributed by atoms with van der Waals surface area (Å²) in [6, 6.07) is 0.259. The summed E-state index contributed by atoms with van der Waals surface area (Å²) in [6.45, 7) is 6.95. The monoisotopic (exact) mass is 201 g/mol. The van der Waals surface area contributed by atoms with Crippen LogP contribution in [-0.2, 0) is 9.53 Å². The van der Waals surface area contributed by atoms with Crippen molar-refractivity contribution in [3.63, 3.8) is 0 Å². The Hall–Kier alpha value is -0.610. The number of carboxylic acid groups (broad SMARTS) is 1. The lowest BCUT2D eigenvalue weighted by atomic mass is 9.64. The summed E-state index contributed by atoms with van der Waals surface area (Å²) in [6.07, 6.45) is 1.17. The van der Waals surface area contributed by atoms with Crippen LogP contribution in [0.25, 0.3) is 0 Å². The molecule has 0 radical (unpaired) electrons. The van der Waals surface area contributed by atoms with Gasteiger partial charge < -0.3 is 15.2 Å². The van der Waals surface area contributed by atoms with E-state index in [9.17, 15) is 4.79 Å². The molecule has 1 fully saturated rings. The van der Waals surface area contributed by atoms with Crippen molar-refractivity contribution in [2.75, 3.05) is 13.2 Å². The van der Waals surface area contributed by atoms with Gasteiger partial charge in [-0.2, -0.15) is 0 Å². The quantitative estimate of drug-likeness (QED) is 0.692. The first kappa shape index (κ1) is 11.5. The zero-order valence-electron chi connectivity index (χ0n) is 9.04. The Morgan fingerprint density at radius 3 is 2.71 bits per heavy atom. The molecule has 4 heteroatoms. The fourth-order valence-corrected chi connectivity index (χ4v) is 1.93. The minimum atomic E-state index is -0.805. The SMILES string of the molecule is CCOC1CC(NCC(=O)O)C1(C)C. The number of carboxylic acids is 1.